The van der Waals surface area contributed by atoms with E-state index in [0.29, 0.717) is 0 Å². The second-order valence-corrected chi connectivity index (χ2v) is 5.01. The second kappa shape index (κ2) is 5.46. The first-order chi connectivity index (χ1) is 7.78. The van der Waals surface area contributed by atoms with Crippen LogP contribution in [0.4, 0.5) is 0 Å². The van der Waals surface area contributed by atoms with Crippen LogP contribution in [0.1, 0.15) is 30.9 Å². The summed E-state index contributed by atoms with van der Waals surface area (Å²) in [5.41, 5.74) is 8.24. The molecule has 16 heavy (non-hydrogen) atoms. The Bertz CT molecular complexity index is 312. The topological polar surface area (TPSA) is 38.0 Å². The molecule has 1 fully saturated rings. The summed E-state index contributed by atoms with van der Waals surface area (Å²) in [5.74, 6) is 0.921. The van der Waals surface area contributed by atoms with Crippen LogP contribution in [0, 0.1) is 5.92 Å². The fourth-order valence-corrected chi connectivity index (χ4v) is 2.32. The lowest BCUT2D eigenvalue weighted by molar-refractivity contribution is 0.240. The third-order valence-electron chi connectivity index (χ3n) is 3.42. The van der Waals surface area contributed by atoms with Crippen molar-refractivity contribution >= 4 is 0 Å². The van der Waals surface area contributed by atoms with Gasteiger partial charge in [0.2, 0.25) is 0 Å². The summed E-state index contributed by atoms with van der Waals surface area (Å²) >= 11 is 0. The average Bonchev–Trinajstić information content (AvgIpc) is 2.25. The molecule has 2 heteroatoms. The summed E-state index contributed by atoms with van der Waals surface area (Å²) in [6.07, 6.45) is 3.66. The average molecular weight is 218 g/mol. The quantitative estimate of drug-likeness (QED) is 0.794. The summed E-state index contributed by atoms with van der Waals surface area (Å²) in [4.78, 5) is 0. The first-order valence-corrected chi connectivity index (χ1v) is 6.29. The highest BCUT2D eigenvalue weighted by Gasteiger charge is 2.24. The summed E-state index contributed by atoms with van der Waals surface area (Å²) < 4.78 is 0. The number of hydrogen-bond donors (Lipinski definition) is 2. The molecule has 0 saturated heterocycles. The molecule has 88 valence electrons. The van der Waals surface area contributed by atoms with Gasteiger partial charge in [-0.15, -0.1) is 0 Å². The number of nitrogens with one attached hydrogen (secondary N) is 1. The molecule has 0 spiro atoms. The smallest absolute Gasteiger partial charge is 0.0208 e. The van der Waals surface area contributed by atoms with E-state index in [-0.39, 0.29) is 0 Å². The van der Waals surface area contributed by atoms with Crippen LogP contribution in [0.25, 0.3) is 0 Å². The van der Waals surface area contributed by atoms with Gasteiger partial charge in [-0.3, -0.25) is 0 Å². The normalized spacial score (nSPS) is 24.1. The van der Waals surface area contributed by atoms with Crippen molar-refractivity contribution in [3.8, 4) is 0 Å². The molecule has 0 heterocycles. The lowest BCUT2D eigenvalue weighted by Crippen LogP contribution is -2.39. The van der Waals surface area contributed by atoms with Crippen LogP contribution in [0.2, 0.25) is 0 Å². The van der Waals surface area contributed by atoms with E-state index < -0.39 is 0 Å². The van der Waals surface area contributed by atoms with Gasteiger partial charge in [-0.1, -0.05) is 31.2 Å². The SMILES string of the molecule is CC1CC(NCc2ccc(CCN)cc2)C1. The zero-order valence-corrected chi connectivity index (χ0v) is 10.1. The highest BCUT2D eigenvalue weighted by molar-refractivity contribution is 5.22. The van der Waals surface area contributed by atoms with Crippen LogP contribution in [-0.4, -0.2) is 12.6 Å². The molecule has 0 aromatic heterocycles. The Labute approximate surface area is 98.2 Å². The Balaban J connectivity index is 1.76. The molecule has 0 aliphatic heterocycles. The van der Waals surface area contributed by atoms with Crippen molar-refractivity contribution < 1.29 is 0 Å². The number of benzene rings is 1. The van der Waals surface area contributed by atoms with E-state index in [1.807, 2.05) is 0 Å². The molecule has 0 bridgehead atoms. The van der Waals surface area contributed by atoms with Crippen molar-refractivity contribution in [3.05, 3.63) is 35.4 Å². The number of rotatable bonds is 5. The molecule has 2 nitrogen and oxygen atoms in total. The fraction of sp³-hybridized carbons (Fsp3) is 0.571. The Morgan fingerprint density at radius 1 is 1.19 bits per heavy atom. The zero-order chi connectivity index (χ0) is 11.4. The monoisotopic (exact) mass is 218 g/mol. The van der Waals surface area contributed by atoms with Gasteiger partial charge >= 0.3 is 0 Å². The van der Waals surface area contributed by atoms with Gasteiger partial charge in [0.25, 0.3) is 0 Å². The van der Waals surface area contributed by atoms with Crippen molar-refractivity contribution in [2.24, 2.45) is 11.7 Å². The molecule has 1 aromatic rings. The van der Waals surface area contributed by atoms with Gasteiger partial charge in [-0.05, 0) is 42.9 Å². The van der Waals surface area contributed by atoms with Crippen molar-refractivity contribution in [1.29, 1.82) is 0 Å². The molecule has 1 saturated carbocycles. The molecule has 0 atom stereocenters. The van der Waals surface area contributed by atoms with Gasteiger partial charge in [0.1, 0.15) is 0 Å². The van der Waals surface area contributed by atoms with Gasteiger partial charge in [0.15, 0.2) is 0 Å². The van der Waals surface area contributed by atoms with Crippen molar-refractivity contribution in [2.75, 3.05) is 6.54 Å². The van der Waals surface area contributed by atoms with Gasteiger partial charge in [0.05, 0.1) is 0 Å². The van der Waals surface area contributed by atoms with Gasteiger partial charge < -0.3 is 11.1 Å². The van der Waals surface area contributed by atoms with E-state index in [1.165, 1.54) is 24.0 Å². The Morgan fingerprint density at radius 2 is 1.81 bits per heavy atom. The predicted octanol–water partition coefficient (Wildman–Crippen LogP) is 2.08. The van der Waals surface area contributed by atoms with E-state index >= 15 is 0 Å². The molecule has 1 aromatic carbocycles. The minimum atomic E-state index is 0.734. The van der Waals surface area contributed by atoms with E-state index in [1.54, 1.807) is 0 Å². The maximum atomic E-state index is 5.52. The van der Waals surface area contributed by atoms with Crippen LogP contribution in [0.5, 0.6) is 0 Å². The summed E-state index contributed by atoms with van der Waals surface area (Å²) in [7, 11) is 0. The molecular weight excluding hydrogens is 196 g/mol. The molecule has 0 unspecified atom stereocenters. The highest BCUT2D eigenvalue weighted by atomic mass is 14.9. The maximum absolute atomic E-state index is 5.52. The lowest BCUT2D eigenvalue weighted by atomic mass is 9.82. The van der Waals surface area contributed by atoms with Crippen molar-refractivity contribution in [1.82, 2.24) is 5.32 Å². The van der Waals surface area contributed by atoms with Crippen molar-refractivity contribution in [2.45, 2.75) is 38.8 Å². The Kier molecular flexibility index (Phi) is 3.97. The van der Waals surface area contributed by atoms with Gasteiger partial charge in [0, 0.05) is 12.6 Å². The van der Waals surface area contributed by atoms with E-state index in [0.717, 1.165) is 31.5 Å². The van der Waals surface area contributed by atoms with E-state index in [4.69, 9.17) is 5.73 Å². The third kappa shape index (κ3) is 3.06. The van der Waals surface area contributed by atoms with E-state index in [9.17, 15) is 0 Å². The fourth-order valence-electron chi connectivity index (χ4n) is 2.32. The molecule has 0 amide bonds. The Hall–Kier alpha value is -0.860. The van der Waals surface area contributed by atoms with Crippen LogP contribution < -0.4 is 11.1 Å². The molecular formula is C14H22N2. The van der Waals surface area contributed by atoms with Gasteiger partial charge in [-0.2, -0.15) is 0 Å². The first kappa shape index (κ1) is 11.6. The third-order valence-corrected chi connectivity index (χ3v) is 3.42. The number of nitrogens with two attached hydrogens (primary N) is 1. The summed E-state index contributed by atoms with van der Waals surface area (Å²) in [5, 5.41) is 3.59. The minimum Gasteiger partial charge on any atom is -0.330 e. The maximum Gasteiger partial charge on any atom is 0.0208 e. The highest BCUT2D eigenvalue weighted by Crippen LogP contribution is 2.26. The second-order valence-electron chi connectivity index (χ2n) is 5.01. The molecule has 3 N–H and O–H groups in total. The largest absolute Gasteiger partial charge is 0.330 e. The lowest BCUT2D eigenvalue weighted by Gasteiger charge is -2.33. The summed E-state index contributed by atoms with van der Waals surface area (Å²) in [6.45, 7) is 4.05. The molecule has 2 rings (SSSR count). The minimum absolute atomic E-state index is 0.734. The summed E-state index contributed by atoms with van der Waals surface area (Å²) in [6, 6.07) is 9.54. The zero-order valence-electron chi connectivity index (χ0n) is 10.1. The standard InChI is InChI=1S/C14H22N2/c1-11-8-14(9-11)16-10-13-4-2-12(3-5-13)6-7-15/h2-5,11,14,16H,6-10,15H2,1H3. The molecule has 1 aliphatic rings. The van der Waals surface area contributed by atoms with Crippen LogP contribution in [0.15, 0.2) is 24.3 Å². The predicted molar refractivity (Wildman–Crippen MR) is 68.2 cm³/mol. The van der Waals surface area contributed by atoms with Crippen LogP contribution in [0.3, 0.4) is 0 Å². The van der Waals surface area contributed by atoms with Crippen LogP contribution >= 0.6 is 0 Å². The van der Waals surface area contributed by atoms with Crippen molar-refractivity contribution in [3.63, 3.8) is 0 Å². The molecule has 0 radical (unpaired) electrons. The van der Waals surface area contributed by atoms with Gasteiger partial charge in [-0.25, -0.2) is 0 Å². The Morgan fingerprint density at radius 3 is 2.38 bits per heavy atom. The molecule has 1 aliphatic carbocycles. The van der Waals surface area contributed by atoms with E-state index in [2.05, 4.69) is 36.5 Å². The number of hydrogen-bond acceptors (Lipinski definition) is 2. The first-order valence-electron chi connectivity index (χ1n) is 6.29. The van der Waals surface area contributed by atoms with Crippen LogP contribution in [-0.2, 0) is 13.0 Å².